The monoisotopic (exact) mass is 776 g/mol. The van der Waals surface area contributed by atoms with Gasteiger partial charge in [-0.1, -0.05) is 154 Å². The van der Waals surface area contributed by atoms with E-state index in [1.807, 2.05) is 0 Å². The van der Waals surface area contributed by atoms with Crippen LogP contribution in [0.2, 0.25) is 0 Å². The summed E-state index contributed by atoms with van der Waals surface area (Å²) in [5.41, 5.74) is 17.6. The first kappa shape index (κ1) is 37.6. The number of nitrogens with zero attached hydrogens (tertiary/aromatic N) is 2. The maximum absolute atomic E-state index is 2.43. The second-order valence-corrected chi connectivity index (χ2v) is 17.5. The Bertz CT molecular complexity index is 2710. The molecule has 8 aromatic rings. The Morgan fingerprint density at radius 2 is 0.783 bits per heavy atom. The van der Waals surface area contributed by atoms with Crippen molar-refractivity contribution in [2.45, 2.75) is 57.3 Å². The Morgan fingerprint density at radius 3 is 1.33 bits per heavy atom. The number of hydrogen-bond donors (Lipinski definition) is 0. The van der Waals surface area contributed by atoms with Crippen LogP contribution in [0.4, 0.5) is 34.1 Å². The number of anilines is 6. The molecule has 2 aliphatic rings. The van der Waals surface area contributed by atoms with Crippen LogP contribution in [0.3, 0.4) is 0 Å². The summed E-state index contributed by atoms with van der Waals surface area (Å²) < 4.78 is 0. The van der Waals surface area contributed by atoms with Crippen LogP contribution in [0.1, 0.15) is 68.7 Å². The minimum atomic E-state index is -0.0701. The van der Waals surface area contributed by atoms with Gasteiger partial charge >= 0.3 is 0 Å². The zero-order chi connectivity index (χ0) is 40.7. The first-order chi connectivity index (χ1) is 29.4. The third-order valence-electron chi connectivity index (χ3n) is 13.6. The summed E-state index contributed by atoms with van der Waals surface area (Å²) in [4.78, 5) is 4.80. The molecule has 60 heavy (non-hydrogen) atoms. The molecule has 0 radical (unpaired) electrons. The highest BCUT2D eigenvalue weighted by molar-refractivity contribution is 5.86. The molecule has 0 aliphatic heterocycles. The highest BCUT2D eigenvalue weighted by Gasteiger charge is 2.38. The molecule has 0 bridgehead atoms. The van der Waals surface area contributed by atoms with Crippen molar-refractivity contribution in [3.8, 4) is 22.3 Å². The Hall–Kier alpha value is -6.64. The number of rotatable bonds is 9. The van der Waals surface area contributed by atoms with Crippen LogP contribution < -0.4 is 9.80 Å². The van der Waals surface area contributed by atoms with E-state index in [2.05, 4.69) is 237 Å². The SMILES string of the molecule is CC1CCC(c2ccc(N(c3ccccc3)c3ccc(-c4ccccc4)cc3)cc2)(c2ccc(N(c3ccccc3)c3ccc4c(c3)C(C)(C)c3ccccc3-4)cc2)CC1. The number of fused-ring (bicyclic) bond motifs is 3. The molecule has 0 spiro atoms. The quantitative estimate of drug-likeness (QED) is 0.144. The normalized spacial score (nSPS) is 17.7. The Morgan fingerprint density at radius 1 is 0.383 bits per heavy atom. The van der Waals surface area contributed by atoms with Crippen molar-refractivity contribution in [1.82, 2.24) is 0 Å². The smallest absolute Gasteiger partial charge is 0.0465 e. The van der Waals surface area contributed by atoms with E-state index in [1.54, 1.807) is 0 Å². The van der Waals surface area contributed by atoms with E-state index in [1.165, 1.54) is 68.7 Å². The highest BCUT2D eigenvalue weighted by Crippen LogP contribution is 2.52. The highest BCUT2D eigenvalue weighted by atomic mass is 15.1. The van der Waals surface area contributed by atoms with E-state index in [-0.39, 0.29) is 10.8 Å². The summed E-state index contributed by atoms with van der Waals surface area (Å²) >= 11 is 0. The standard InChI is InChI=1S/C58H52N2/c1-42-37-39-58(40-38-42,45-25-31-50(32-26-45)59(47-17-9-5-10-18-47)49-29-23-44(24-30-49)43-15-7-4-8-16-43)46-27-33-51(34-28-46)60(48-19-11-6-12-20-48)52-35-36-54-53-21-13-14-22-55(53)57(2,3)56(54)41-52/h4-36,41-42H,37-40H2,1-3H3. The summed E-state index contributed by atoms with van der Waals surface area (Å²) in [6.07, 6.45) is 4.71. The van der Waals surface area contributed by atoms with Gasteiger partial charge in [0.1, 0.15) is 0 Å². The summed E-state index contributed by atoms with van der Waals surface area (Å²) in [5, 5.41) is 0. The van der Waals surface area contributed by atoms with Crippen molar-refractivity contribution >= 4 is 34.1 Å². The molecular formula is C58H52N2. The summed E-state index contributed by atoms with van der Waals surface area (Å²) in [7, 11) is 0. The lowest BCUT2D eigenvalue weighted by atomic mass is 9.63. The average Bonchev–Trinajstić information content (AvgIpc) is 3.54. The minimum absolute atomic E-state index is 0.0561. The summed E-state index contributed by atoms with van der Waals surface area (Å²) in [5.74, 6) is 0.730. The van der Waals surface area contributed by atoms with Crippen LogP contribution in [0, 0.1) is 5.92 Å². The Balaban J connectivity index is 1.00. The molecule has 1 fully saturated rings. The van der Waals surface area contributed by atoms with Crippen molar-refractivity contribution in [1.29, 1.82) is 0 Å². The molecule has 2 nitrogen and oxygen atoms in total. The second kappa shape index (κ2) is 15.5. The van der Waals surface area contributed by atoms with Gasteiger partial charge in [-0.15, -0.1) is 0 Å². The van der Waals surface area contributed by atoms with Crippen molar-refractivity contribution in [3.63, 3.8) is 0 Å². The van der Waals surface area contributed by atoms with Gasteiger partial charge in [0.2, 0.25) is 0 Å². The second-order valence-electron chi connectivity index (χ2n) is 17.5. The van der Waals surface area contributed by atoms with Gasteiger partial charge in [-0.2, -0.15) is 0 Å². The molecule has 0 atom stereocenters. The van der Waals surface area contributed by atoms with Gasteiger partial charge in [0.25, 0.3) is 0 Å². The molecule has 0 saturated heterocycles. The van der Waals surface area contributed by atoms with Gasteiger partial charge in [0.05, 0.1) is 0 Å². The van der Waals surface area contributed by atoms with Gasteiger partial charge in [-0.25, -0.2) is 0 Å². The molecule has 2 aliphatic carbocycles. The minimum Gasteiger partial charge on any atom is -0.311 e. The lowest BCUT2D eigenvalue weighted by Crippen LogP contribution is -2.32. The third kappa shape index (κ3) is 6.71. The third-order valence-corrected chi connectivity index (χ3v) is 13.6. The van der Waals surface area contributed by atoms with Crippen LogP contribution in [0.5, 0.6) is 0 Å². The van der Waals surface area contributed by atoms with Crippen LogP contribution in [0.25, 0.3) is 22.3 Å². The van der Waals surface area contributed by atoms with Crippen molar-refractivity contribution in [3.05, 3.63) is 229 Å². The maximum atomic E-state index is 2.43. The van der Waals surface area contributed by atoms with E-state index in [4.69, 9.17) is 0 Å². The fraction of sp³-hybridized carbons (Fsp3) is 0.172. The zero-order valence-corrected chi connectivity index (χ0v) is 34.9. The van der Waals surface area contributed by atoms with E-state index in [0.29, 0.717) is 0 Å². The molecule has 0 unspecified atom stereocenters. The molecule has 10 rings (SSSR count). The van der Waals surface area contributed by atoms with Crippen LogP contribution in [-0.2, 0) is 10.8 Å². The largest absolute Gasteiger partial charge is 0.311 e. The van der Waals surface area contributed by atoms with Crippen LogP contribution in [-0.4, -0.2) is 0 Å². The van der Waals surface area contributed by atoms with Gasteiger partial charge in [-0.05, 0) is 149 Å². The molecule has 1 saturated carbocycles. The molecular weight excluding hydrogens is 725 g/mol. The zero-order valence-electron chi connectivity index (χ0n) is 34.9. The lowest BCUT2D eigenvalue weighted by Gasteiger charge is -2.41. The van der Waals surface area contributed by atoms with E-state index >= 15 is 0 Å². The predicted octanol–water partition coefficient (Wildman–Crippen LogP) is 16.1. The first-order valence-corrected chi connectivity index (χ1v) is 21.7. The van der Waals surface area contributed by atoms with Gasteiger partial charge in [0.15, 0.2) is 0 Å². The van der Waals surface area contributed by atoms with Crippen molar-refractivity contribution < 1.29 is 0 Å². The number of benzene rings is 8. The van der Waals surface area contributed by atoms with Crippen LogP contribution >= 0.6 is 0 Å². The van der Waals surface area contributed by atoms with E-state index in [9.17, 15) is 0 Å². The van der Waals surface area contributed by atoms with E-state index in [0.717, 1.165) is 41.5 Å². The van der Waals surface area contributed by atoms with E-state index < -0.39 is 0 Å². The fourth-order valence-electron chi connectivity index (χ4n) is 10.2. The Labute approximate surface area is 356 Å². The topological polar surface area (TPSA) is 6.48 Å². The molecule has 0 heterocycles. The van der Waals surface area contributed by atoms with Crippen molar-refractivity contribution in [2.75, 3.05) is 9.80 Å². The maximum Gasteiger partial charge on any atom is 0.0465 e. The molecule has 0 N–H and O–H groups in total. The fourth-order valence-corrected chi connectivity index (χ4v) is 10.2. The molecule has 2 heteroatoms. The molecule has 0 aromatic heterocycles. The predicted molar refractivity (Wildman–Crippen MR) is 254 cm³/mol. The number of para-hydroxylation sites is 2. The van der Waals surface area contributed by atoms with Gasteiger partial charge in [0, 0.05) is 45.0 Å². The number of hydrogen-bond acceptors (Lipinski definition) is 2. The molecule has 0 amide bonds. The van der Waals surface area contributed by atoms with Crippen molar-refractivity contribution in [2.24, 2.45) is 5.92 Å². The molecule has 8 aromatic carbocycles. The molecule has 294 valence electrons. The summed E-state index contributed by atoms with van der Waals surface area (Å²) in [6.45, 7) is 7.15. The van der Waals surface area contributed by atoms with Gasteiger partial charge < -0.3 is 9.80 Å². The first-order valence-electron chi connectivity index (χ1n) is 21.7. The van der Waals surface area contributed by atoms with Crippen LogP contribution in [0.15, 0.2) is 206 Å². The Kier molecular flexibility index (Phi) is 9.73. The lowest BCUT2D eigenvalue weighted by molar-refractivity contribution is 0.280. The summed E-state index contributed by atoms with van der Waals surface area (Å²) in [6, 6.07) is 76.2. The van der Waals surface area contributed by atoms with Gasteiger partial charge in [-0.3, -0.25) is 0 Å². The average molecular weight is 777 g/mol.